The van der Waals surface area contributed by atoms with Crippen molar-refractivity contribution in [2.24, 2.45) is 4.99 Å². The maximum Gasteiger partial charge on any atom is 0.271 e. The van der Waals surface area contributed by atoms with E-state index in [-0.39, 0.29) is 17.0 Å². The number of nitrogens with zero attached hydrogens (tertiary/aromatic N) is 3. The Balaban J connectivity index is 1.67. The van der Waals surface area contributed by atoms with E-state index >= 15 is 0 Å². The van der Waals surface area contributed by atoms with Gasteiger partial charge < -0.3 is 4.42 Å². The molecule has 0 bridgehead atoms. The molecule has 0 amide bonds. The molecule has 0 radical (unpaired) electrons. The lowest BCUT2D eigenvalue weighted by atomic mass is 9.98. The number of aromatic nitrogens is 1. The number of Topliss-reactive ketones (excluding diaryl/α,β-unsaturated/α-hetero) is 1. The van der Waals surface area contributed by atoms with Crippen molar-refractivity contribution in [1.29, 1.82) is 0 Å². The second-order valence-electron chi connectivity index (χ2n) is 8.32. The molecule has 0 aliphatic carbocycles. The fraction of sp³-hybridized carbons (Fsp3) is 0.115. The number of carbonyl (C=O) groups is 1. The number of non-ortho nitro benzene ring substituents is 1. The van der Waals surface area contributed by atoms with Gasteiger partial charge in [-0.3, -0.25) is 24.3 Å². The van der Waals surface area contributed by atoms with E-state index in [0.29, 0.717) is 53.3 Å². The summed E-state index contributed by atoms with van der Waals surface area (Å²) >= 11 is 13.3. The summed E-state index contributed by atoms with van der Waals surface area (Å²) in [7, 11) is 0. The molecule has 3 heterocycles. The van der Waals surface area contributed by atoms with Gasteiger partial charge in [0, 0.05) is 29.0 Å². The first-order valence-corrected chi connectivity index (χ1v) is 12.5. The number of hydrogen-bond donors (Lipinski definition) is 0. The summed E-state index contributed by atoms with van der Waals surface area (Å²) in [6.07, 6.45) is 1.57. The van der Waals surface area contributed by atoms with Crippen molar-refractivity contribution in [2.45, 2.75) is 19.9 Å². The molecular formula is C26H17Cl2N3O5S. The molecule has 0 N–H and O–H groups in total. The van der Waals surface area contributed by atoms with E-state index in [0.717, 1.165) is 11.3 Å². The largest absolute Gasteiger partial charge is 0.458 e. The van der Waals surface area contributed by atoms with Crippen LogP contribution in [0.1, 0.15) is 31.2 Å². The molecule has 0 spiro atoms. The molecule has 1 aliphatic rings. The van der Waals surface area contributed by atoms with Crippen LogP contribution in [0, 0.1) is 10.1 Å². The second-order valence-corrected chi connectivity index (χ2v) is 10.1. The Kier molecular flexibility index (Phi) is 6.45. The molecule has 11 heteroatoms. The number of hydrogen-bond acceptors (Lipinski definition) is 7. The third kappa shape index (κ3) is 4.57. The number of nitro groups is 1. The monoisotopic (exact) mass is 553 g/mol. The number of ketones is 1. The molecule has 0 unspecified atom stereocenters. The van der Waals surface area contributed by atoms with Crippen LogP contribution in [0.4, 0.5) is 5.69 Å². The number of nitro benzene ring substituents is 1. The van der Waals surface area contributed by atoms with E-state index in [1.807, 2.05) is 0 Å². The number of carbonyl (C=O) groups excluding carboxylic acids is 1. The lowest BCUT2D eigenvalue weighted by molar-refractivity contribution is -0.384. The average Bonchev–Trinajstić information content (AvgIpc) is 3.45. The topological polar surface area (TPSA) is 108 Å². The van der Waals surface area contributed by atoms with Crippen molar-refractivity contribution >= 4 is 52.1 Å². The van der Waals surface area contributed by atoms with Crippen LogP contribution in [-0.4, -0.2) is 15.3 Å². The maximum atomic E-state index is 13.6. The molecule has 5 rings (SSSR count). The van der Waals surface area contributed by atoms with Gasteiger partial charge in [-0.25, -0.2) is 4.99 Å². The van der Waals surface area contributed by atoms with Gasteiger partial charge >= 0.3 is 0 Å². The van der Waals surface area contributed by atoms with Crippen LogP contribution in [0.25, 0.3) is 17.4 Å². The fourth-order valence-electron chi connectivity index (χ4n) is 4.22. The van der Waals surface area contributed by atoms with Gasteiger partial charge in [0.15, 0.2) is 10.6 Å². The van der Waals surface area contributed by atoms with Gasteiger partial charge in [0.2, 0.25) is 0 Å². The van der Waals surface area contributed by atoms with Crippen molar-refractivity contribution < 1.29 is 14.1 Å². The molecule has 0 saturated heterocycles. The highest BCUT2D eigenvalue weighted by Crippen LogP contribution is 2.35. The molecule has 37 heavy (non-hydrogen) atoms. The Morgan fingerprint density at radius 1 is 1.16 bits per heavy atom. The van der Waals surface area contributed by atoms with E-state index in [4.69, 9.17) is 27.6 Å². The number of allylic oxidation sites excluding steroid dienone is 2. The summed E-state index contributed by atoms with van der Waals surface area (Å²) < 4.78 is 7.89. The van der Waals surface area contributed by atoms with Gasteiger partial charge in [0.05, 0.1) is 19.5 Å². The zero-order chi connectivity index (χ0) is 26.4. The van der Waals surface area contributed by atoms with Crippen LogP contribution >= 0.6 is 34.5 Å². The fourth-order valence-corrected chi connectivity index (χ4v) is 5.57. The summed E-state index contributed by atoms with van der Waals surface area (Å²) in [6, 6.07) is 13.7. The van der Waals surface area contributed by atoms with E-state index < -0.39 is 11.0 Å². The smallest absolute Gasteiger partial charge is 0.271 e. The Bertz CT molecular complexity index is 1820. The van der Waals surface area contributed by atoms with Crippen LogP contribution in [0.15, 0.2) is 80.1 Å². The lowest BCUT2D eigenvalue weighted by Crippen LogP contribution is -2.39. The number of benzene rings is 2. The van der Waals surface area contributed by atoms with Crippen LogP contribution in [0.2, 0.25) is 10.0 Å². The molecule has 8 nitrogen and oxygen atoms in total. The van der Waals surface area contributed by atoms with Crippen LogP contribution in [0.3, 0.4) is 0 Å². The lowest BCUT2D eigenvalue weighted by Gasteiger charge is -2.22. The molecule has 4 aromatic rings. The van der Waals surface area contributed by atoms with E-state index in [1.165, 1.54) is 23.6 Å². The first-order valence-electron chi connectivity index (χ1n) is 11.0. The van der Waals surface area contributed by atoms with E-state index in [1.54, 1.807) is 55.5 Å². The number of fused-ring (bicyclic) bond motifs is 1. The van der Waals surface area contributed by atoms with Crippen LogP contribution in [-0.2, 0) is 4.79 Å². The quantitative estimate of drug-likeness (QED) is 0.246. The van der Waals surface area contributed by atoms with E-state index in [9.17, 15) is 19.7 Å². The molecule has 1 atom stereocenters. The zero-order valence-electron chi connectivity index (χ0n) is 19.4. The highest BCUT2D eigenvalue weighted by Gasteiger charge is 2.33. The number of thiazole rings is 1. The summed E-state index contributed by atoms with van der Waals surface area (Å²) in [5.41, 5.74) is 1.53. The van der Waals surface area contributed by atoms with Gasteiger partial charge in [0.25, 0.3) is 11.2 Å². The first kappa shape index (κ1) is 24.9. The van der Waals surface area contributed by atoms with E-state index in [2.05, 4.69) is 4.99 Å². The molecule has 186 valence electrons. The summed E-state index contributed by atoms with van der Waals surface area (Å²) in [5, 5.41) is 11.9. The minimum absolute atomic E-state index is 0.0838. The van der Waals surface area contributed by atoms with Crippen LogP contribution < -0.4 is 14.9 Å². The van der Waals surface area contributed by atoms with Crippen molar-refractivity contribution in [1.82, 2.24) is 4.57 Å². The molecule has 1 aliphatic heterocycles. The first-order chi connectivity index (χ1) is 17.6. The summed E-state index contributed by atoms with van der Waals surface area (Å²) in [6.45, 7) is 3.13. The number of rotatable bonds is 5. The minimum atomic E-state index is -0.836. The normalized spacial score (nSPS) is 15.5. The van der Waals surface area contributed by atoms with Gasteiger partial charge in [0.1, 0.15) is 17.6 Å². The Labute approximate surface area is 223 Å². The summed E-state index contributed by atoms with van der Waals surface area (Å²) in [4.78, 5) is 41.9. The average molecular weight is 554 g/mol. The molecule has 2 aromatic heterocycles. The van der Waals surface area contributed by atoms with Crippen molar-refractivity contribution in [3.05, 3.63) is 117 Å². The van der Waals surface area contributed by atoms with Gasteiger partial charge in [-0.1, -0.05) is 46.7 Å². The molecular weight excluding hydrogens is 537 g/mol. The van der Waals surface area contributed by atoms with Gasteiger partial charge in [-0.15, -0.1) is 0 Å². The predicted molar refractivity (Wildman–Crippen MR) is 142 cm³/mol. The van der Waals surface area contributed by atoms with Gasteiger partial charge in [-0.2, -0.15) is 0 Å². The third-order valence-electron chi connectivity index (χ3n) is 5.88. The van der Waals surface area contributed by atoms with Crippen molar-refractivity contribution in [3.63, 3.8) is 0 Å². The SMILES string of the molecule is CC(=O)C1=C(C)N=c2s/c(=C/c3cccc([N+](=O)[O-])c3)c(=O)n2[C@H]1c1ccc(-c2ccc(Cl)c(Cl)c2)o1. The number of halogens is 2. The van der Waals surface area contributed by atoms with Crippen molar-refractivity contribution in [2.75, 3.05) is 0 Å². The third-order valence-corrected chi connectivity index (χ3v) is 7.60. The standard InChI is InChI=1S/C26H17Cl2N3O5S/c1-13-23(14(2)32)24(21-9-8-20(36-21)16-6-7-18(27)19(28)12-16)30-25(33)22(37-26(30)29-13)11-15-4-3-5-17(10-15)31(34)35/h3-12,24H,1-2H3/b22-11+/t24-/m0/s1. The molecule has 0 saturated carbocycles. The van der Waals surface area contributed by atoms with Crippen LogP contribution in [0.5, 0.6) is 0 Å². The minimum Gasteiger partial charge on any atom is -0.458 e. The van der Waals surface area contributed by atoms with Gasteiger partial charge in [-0.05, 0) is 55.8 Å². The maximum absolute atomic E-state index is 13.6. The molecule has 2 aromatic carbocycles. The zero-order valence-corrected chi connectivity index (χ0v) is 21.7. The Morgan fingerprint density at radius 2 is 1.95 bits per heavy atom. The number of furan rings is 1. The Morgan fingerprint density at radius 3 is 2.65 bits per heavy atom. The molecule has 0 fully saturated rings. The highest BCUT2D eigenvalue weighted by molar-refractivity contribution is 7.07. The second kappa shape index (κ2) is 9.59. The predicted octanol–water partition coefficient (Wildman–Crippen LogP) is 5.30. The summed E-state index contributed by atoms with van der Waals surface area (Å²) in [5.74, 6) is 0.625. The van der Waals surface area contributed by atoms with Crippen molar-refractivity contribution in [3.8, 4) is 11.3 Å². The highest BCUT2D eigenvalue weighted by atomic mass is 35.5. The Hall–Kier alpha value is -3.79.